The van der Waals surface area contributed by atoms with Gasteiger partial charge >= 0.3 is 11.9 Å². The molecule has 0 N–H and O–H groups in total. The van der Waals surface area contributed by atoms with Crippen LogP contribution < -0.4 is 14.4 Å². The molecule has 2 atom stereocenters. The summed E-state index contributed by atoms with van der Waals surface area (Å²) in [5.41, 5.74) is 4.79. The fourth-order valence-corrected chi connectivity index (χ4v) is 3.51. The van der Waals surface area contributed by atoms with Crippen molar-refractivity contribution in [2.24, 2.45) is 0 Å². The fraction of sp³-hybridized carbons (Fsp3) is 0.200. The molecule has 0 fully saturated rings. The lowest BCUT2D eigenvalue weighted by Crippen LogP contribution is -2.21. The standard InChI is InChI=1S/C30H31NO6/c1-7-29(32)36-22(5)34-27-17-26(18-28(19-27)35-23(6)37-30(33)8-2)31(24-13-9-20(3)10-14-24)25-15-11-21(4)12-16-25/h7-19,22-23H,1-2H2,3-6H3. The van der Waals surface area contributed by atoms with Crippen molar-refractivity contribution in [1.82, 2.24) is 0 Å². The molecule has 3 aromatic rings. The van der Waals surface area contributed by atoms with Crippen molar-refractivity contribution >= 4 is 29.0 Å². The maximum Gasteiger partial charge on any atom is 0.333 e. The van der Waals surface area contributed by atoms with Crippen LogP contribution in [0.15, 0.2) is 92.0 Å². The molecule has 0 aliphatic rings. The summed E-state index contributed by atoms with van der Waals surface area (Å²) in [6, 6.07) is 21.4. The van der Waals surface area contributed by atoms with E-state index in [0.717, 1.165) is 34.7 Å². The molecule has 0 aromatic heterocycles. The second-order valence-corrected chi connectivity index (χ2v) is 8.32. The molecule has 7 nitrogen and oxygen atoms in total. The van der Waals surface area contributed by atoms with Gasteiger partial charge in [0.15, 0.2) is 0 Å². The number of rotatable bonds is 11. The van der Waals surface area contributed by atoms with Crippen LogP contribution in [0.3, 0.4) is 0 Å². The average Bonchev–Trinajstić information content (AvgIpc) is 2.86. The Kier molecular flexibility index (Phi) is 9.11. The highest BCUT2D eigenvalue weighted by molar-refractivity contribution is 5.82. The van der Waals surface area contributed by atoms with Crippen LogP contribution >= 0.6 is 0 Å². The lowest BCUT2D eigenvalue weighted by atomic mass is 10.1. The molecule has 0 aliphatic carbocycles. The number of ether oxygens (including phenoxy) is 4. The zero-order valence-corrected chi connectivity index (χ0v) is 21.5. The SMILES string of the molecule is C=CC(=O)OC(C)Oc1cc(OC(C)OC(=O)C=C)cc(N(c2ccc(C)cc2)c2ccc(C)cc2)c1. The molecule has 0 saturated heterocycles. The Labute approximate surface area is 217 Å². The quantitative estimate of drug-likeness (QED) is 0.165. The van der Waals surface area contributed by atoms with Crippen LogP contribution in [0.5, 0.6) is 11.5 Å². The summed E-state index contributed by atoms with van der Waals surface area (Å²) < 4.78 is 22.1. The van der Waals surface area contributed by atoms with Gasteiger partial charge in [0.05, 0.1) is 5.69 Å². The first-order chi connectivity index (χ1) is 17.7. The zero-order chi connectivity index (χ0) is 26.9. The lowest BCUT2D eigenvalue weighted by Gasteiger charge is -2.27. The predicted octanol–water partition coefficient (Wildman–Crippen LogP) is 6.68. The van der Waals surface area contributed by atoms with Gasteiger partial charge in [-0.3, -0.25) is 0 Å². The molecule has 0 heterocycles. The van der Waals surface area contributed by atoms with Gasteiger partial charge in [-0.1, -0.05) is 48.6 Å². The number of anilines is 3. The Morgan fingerprint density at radius 1 is 0.676 bits per heavy atom. The first-order valence-electron chi connectivity index (χ1n) is 11.8. The Morgan fingerprint density at radius 3 is 1.41 bits per heavy atom. The van der Waals surface area contributed by atoms with Crippen molar-refractivity contribution in [2.45, 2.75) is 40.3 Å². The third kappa shape index (κ3) is 7.73. The molecule has 0 bridgehead atoms. The number of carbonyl (C=O) groups is 2. The summed E-state index contributed by atoms with van der Waals surface area (Å²) >= 11 is 0. The van der Waals surface area contributed by atoms with Crippen LogP contribution in [0.4, 0.5) is 17.1 Å². The lowest BCUT2D eigenvalue weighted by molar-refractivity contribution is -0.155. The van der Waals surface area contributed by atoms with E-state index in [2.05, 4.69) is 13.2 Å². The van der Waals surface area contributed by atoms with E-state index in [0.29, 0.717) is 17.2 Å². The highest BCUT2D eigenvalue weighted by Gasteiger charge is 2.18. The van der Waals surface area contributed by atoms with E-state index in [1.807, 2.05) is 79.4 Å². The molecular weight excluding hydrogens is 470 g/mol. The molecule has 192 valence electrons. The minimum absolute atomic E-state index is 0.378. The van der Waals surface area contributed by atoms with Gasteiger partial charge < -0.3 is 23.8 Å². The van der Waals surface area contributed by atoms with E-state index >= 15 is 0 Å². The highest BCUT2D eigenvalue weighted by atomic mass is 16.7. The summed E-state index contributed by atoms with van der Waals surface area (Å²) in [6.07, 6.45) is 0.349. The highest BCUT2D eigenvalue weighted by Crippen LogP contribution is 2.39. The summed E-state index contributed by atoms with van der Waals surface area (Å²) in [5, 5.41) is 0. The van der Waals surface area contributed by atoms with Crippen molar-refractivity contribution in [3.8, 4) is 11.5 Å². The van der Waals surface area contributed by atoms with Gasteiger partial charge in [0.25, 0.3) is 0 Å². The third-order valence-corrected chi connectivity index (χ3v) is 5.21. The molecule has 37 heavy (non-hydrogen) atoms. The number of hydrogen-bond acceptors (Lipinski definition) is 7. The average molecular weight is 502 g/mol. The molecule has 0 radical (unpaired) electrons. The molecule has 2 unspecified atom stereocenters. The number of benzene rings is 3. The maximum absolute atomic E-state index is 11.6. The number of aryl methyl sites for hydroxylation is 2. The number of esters is 2. The summed E-state index contributed by atoms with van der Waals surface area (Å²) in [5.74, 6) is -0.455. The van der Waals surface area contributed by atoms with Crippen LogP contribution in [0, 0.1) is 13.8 Å². The van der Waals surface area contributed by atoms with Crippen LogP contribution in [-0.2, 0) is 19.1 Å². The second kappa shape index (κ2) is 12.4. The van der Waals surface area contributed by atoms with Crippen molar-refractivity contribution in [3.63, 3.8) is 0 Å². The minimum atomic E-state index is -0.892. The topological polar surface area (TPSA) is 74.3 Å². The Balaban J connectivity index is 2.08. The Hall–Kier alpha value is -4.52. The monoisotopic (exact) mass is 501 g/mol. The van der Waals surface area contributed by atoms with Gasteiger partial charge in [-0.15, -0.1) is 0 Å². The first kappa shape index (κ1) is 27.1. The molecule has 0 spiro atoms. The van der Waals surface area contributed by atoms with Crippen molar-refractivity contribution in [2.75, 3.05) is 4.90 Å². The van der Waals surface area contributed by atoms with Crippen LogP contribution in [0.1, 0.15) is 25.0 Å². The number of carbonyl (C=O) groups excluding carboxylic acids is 2. The minimum Gasteiger partial charge on any atom is -0.455 e. The second-order valence-electron chi connectivity index (χ2n) is 8.32. The molecule has 7 heteroatoms. The van der Waals surface area contributed by atoms with Crippen LogP contribution in [0.2, 0.25) is 0 Å². The van der Waals surface area contributed by atoms with Crippen LogP contribution in [0.25, 0.3) is 0 Å². The van der Waals surface area contributed by atoms with E-state index in [1.54, 1.807) is 19.9 Å². The van der Waals surface area contributed by atoms with E-state index in [4.69, 9.17) is 18.9 Å². The maximum atomic E-state index is 11.6. The number of nitrogens with zero attached hydrogens (tertiary/aromatic N) is 1. The van der Waals surface area contributed by atoms with Gasteiger partial charge in [0, 0.05) is 55.6 Å². The molecule has 0 aliphatic heterocycles. The summed E-state index contributed by atoms with van der Waals surface area (Å²) in [4.78, 5) is 25.3. The van der Waals surface area contributed by atoms with Crippen molar-refractivity contribution in [1.29, 1.82) is 0 Å². The largest absolute Gasteiger partial charge is 0.455 e. The van der Waals surface area contributed by atoms with Crippen molar-refractivity contribution in [3.05, 3.63) is 103 Å². The predicted molar refractivity (Wildman–Crippen MR) is 143 cm³/mol. The van der Waals surface area contributed by atoms with Gasteiger partial charge in [-0.25, -0.2) is 9.59 Å². The third-order valence-electron chi connectivity index (χ3n) is 5.21. The summed E-state index contributed by atoms with van der Waals surface area (Å²) in [7, 11) is 0. The smallest absolute Gasteiger partial charge is 0.333 e. The fourth-order valence-electron chi connectivity index (χ4n) is 3.51. The van der Waals surface area contributed by atoms with E-state index < -0.39 is 24.5 Å². The molecule has 3 aromatic carbocycles. The normalized spacial score (nSPS) is 12.0. The molecule has 3 rings (SSSR count). The Bertz CT molecular complexity index is 1160. The molecule has 0 saturated carbocycles. The Morgan fingerprint density at radius 2 is 1.05 bits per heavy atom. The van der Waals surface area contributed by atoms with E-state index in [9.17, 15) is 9.59 Å². The molecule has 0 amide bonds. The van der Waals surface area contributed by atoms with Gasteiger partial charge in [0.2, 0.25) is 12.6 Å². The van der Waals surface area contributed by atoms with E-state index in [1.165, 1.54) is 0 Å². The van der Waals surface area contributed by atoms with Gasteiger partial charge in [-0.2, -0.15) is 0 Å². The van der Waals surface area contributed by atoms with Gasteiger partial charge in [-0.05, 0) is 38.1 Å². The zero-order valence-electron chi connectivity index (χ0n) is 21.5. The van der Waals surface area contributed by atoms with Crippen LogP contribution in [-0.4, -0.2) is 24.5 Å². The molecular formula is C30H31NO6. The number of hydrogen-bond donors (Lipinski definition) is 0. The van der Waals surface area contributed by atoms with E-state index in [-0.39, 0.29) is 0 Å². The van der Waals surface area contributed by atoms with Crippen molar-refractivity contribution < 1.29 is 28.5 Å². The summed E-state index contributed by atoms with van der Waals surface area (Å²) in [6.45, 7) is 14.1. The first-order valence-corrected chi connectivity index (χ1v) is 11.8. The van der Waals surface area contributed by atoms with Gasteiger partial charge in [0.1, 0.15) is 11.5 Å².